The molecule has 0 aliphatic rings. The monoisotopic (exact) mass is 264 g/mol. The van der Waals surface area contributed by atoms with Crippen LogP contribution in [0.2, 0.25) is 15.1 Å². The fourth-order valence-electron chi connectivity index (χ4n) is 0.866. The van der Waals surface area contributed by atoms with E-state index >= 15 is 0 Å². The van der Waals surface area contributed by atoms with E-state index in [9.17, 15) is 0 Å². The maximum Gasteiger partial charge on any atom is 0.102 e. The maximum absolute atomic E-state index is 5.94. The molecule has 0 saturated heterocycles. The molecular formula is C10H11Cl3N2. The van der Waals surface area contributed by atoms with Gasteiger partial charge in [0.1, 0.15) is 5.84 Å². The Kier molecular flexibility index (Phi) is 4.26. The number of aliphatic imine (C=N–C) groups is 1. The van der Waals surface area contributed by atoms with Crippen molar-refractivity contribution in [1.29, 1.82) is 0 Å². The molecule has 0 bridgehead atoms. The van der Waals surface area contributed by atoms with Gasteiger partial charge in [-0.3, -0.25) is 0 Å². The summed E-state index contributed by atoms with van der Waals surface area (Å²) in [6, 6.07) is 3.15. The molecule has 5 heteroatoms. The lowest BCUT2D eigenvalue weighted by Gasteiger charge is -2.06. The average molecular weight is 266 g/mol. The van der Waals surface area contributed by atoms with E-state index in [1.165, 1.54) is 0 Å². The van der Waals surface area contributed by atoms with Gasteiger partial charge in [-0.1, -0.05) is 48.7 Å². The molecule has 0 radical (unpaired) electrons. The van der Waals surface area contributed by atoms with Crippen molar-refractivity contribution in [2.24, 2.45) is 16.6 Å². The summed E-state index contributed by atoms with van der Waals surface area (Å²) in [5, 5.41) is 1.26. The van der Waals surface area contributed by atoms with E-state index in [4.69, 9.17) is 40.5 Å². The highest BCUT2D eigenvalue weighted by molar-refractivity contribution is 6.44. The van der Waals surface area contributed by atoms with E-state index in [1.807, 2.05) is 13.8 Å². The molecule has 0 unspecified atom stereocenters. The van der Waals surface area contributed by atoms with Gasteiger partial charge < -0.3 is 5.73 Å². The lowest BCUT2D eigenvalue weighted by molar-refractivity contribution is 0.873. The van der Waals surface area contributed by atoms with Crippen LogP contribution in [0, 0.1) is 5.92 Å². The number of nitrogens with zero attached hydrogens (tertiary/aromatic N) is 1. The summed E-state index contributed by atoms with van der Waals surface area (Å²) in [5.41, 5.74) is 6.26. The van der Waals surface area contributed by atoms with Crippen LogP contribution >= 0.6 is 34.8 Å². The highest BCUT2D eigenvalue weighted by Crippen LogP contribution is 2.34. The Morgan fingerprint density at radius 3 is 2.20 bits per heavy atom. The second-order valence-electron chi connectivity index (χ2n) is 3.41. The van der Waals surface area contributed by atoms with Gasteiger partial charge in [0.2, 0.25) is 0 Å². The molecule has 0 aliphatic heterocycles. The van der Waals surface area contributed by atoms with Crippen LogP contribution in [0.4, 0.5) is 5.69 Å². The molecular weight excluding hydrogens is 254 g/mol. The van der Waals surface area contributed by atoms with Crippen LogP contribution in [0.1, 0.15) is 13.8 Å². The average Bonchev–Trinajstić information content (AvgIpc) is 2.13. The van der Waals surface area contributed by atoms with Gasteiger partial charge in [-0.25, -0.2) is 4.99 Å². The van der Waals surface area contributed by atoms with Crippen molar-refractivity contribution in [2.75, 3.05) is 0 Å². The molecule has 15 heavy (non-hydrogen) atoms. The minimum absolute atomic E-state index is 0.163. The summed E-state index contributed by atoms with van der Waals surface area (Å²) in [5.74, 6) is 0.672. The molecule has 0 saturated carbocycles. The molecule has 0 atom stereocenters. The molecule has 1 aromatic carbocycles. The van der Waals surface area contributed by atoms with Crippen molar-refractivity contribution in [1.82, 2.24) is 0 Å². The standard InChI is InChI=1S/C10H11Cl3N2/c1-5(2)10(14)15-9-4-7(12)6(11)3-8(9)13/h3-5H,1-2H3,(H2,14,15). The van der Waals surface area contributed by atoms with E-state index in [0.29, 0.717) is 26.6 Å². The summed E-state index contributed by atoms with van der Waals surface area (Å²) < 4.78 is 0. The van der Waals surface area contributed by atoms with Crippen molar-refractivity contribution in [3.8, 4) is 0 Å². The zero-order valence-electron chi connectivity index (χ0n) is 8.39. The summed E-state index contributed by atoms with van der Waals surface area (Å²) in [7, 11) is 0. The van der Waals surface area contributed by atoms with E-state index in [0.717, 1.165) is 0 Å². The van der Waals surface area contributed by atoms with E-state index in [1.54, 1.807) is 12.1 Å². The lowest BCUT2D eigenvalue weighted by atomic mass is 10.2. The Labute approximate surface area is 104 Å². The number of halogens is 3. The molecule has 1 rings (SSSR count). The van der Waals surface area contributed by atoms with Crippen molar-refractivity contribution < 1.29 is 0 Å². The zero-order chi connectivity index (χ0) is 11.6. The third-order valence-electron chi connectivity index (χ3n) is 1.83. The summed E-state index contributed by atoms with van der Waals surface area (Å²) >= 11 is 17.6. The van der Waals surface area contributed by atoms with Gasteiger partial charge in [0.05, 0.1) is 20.8 Å². The van der Waals surface area contributed by atoms with Crippen LogP contribution in [-0.2, 0) is 0 Å². The fraction of sp³-hybridized carbons (Fsp3) is 0.300. The van der Waals surface area contributed by atoms with E-state index in [-0.39, 0.29) is 5.92 Å². The fourth-order valence-corrected chi connectivity index (χ4v) is 1.45. The molecule has 2 N–H and O–H groups in total. The first-order chi connectivity index (χ1) is 6.91. The number of nitrogens with two attached hydrogens (primary N) is 1. The maximum atomic E-state index is 5.94. The van der Waals surface area contributed by atoms with Crippen LogP contribution in [0.15, 0.2) is 17.1 Å². The second kappa shape index (κ2) is 5.06. The van der Waals surface area contributed by atoms with Crippen molar-refractivity contribution in [3.05, 3.63) is 27.2 Å². The third kappa shape index (κ3) is 3.26. The summed E-state index contributed by atoms with van der Waals surface area (Å²) in [6.45, 7) is 3.90. The smallest absolute Gasteiger partial charge is 0.102 e. The largest absolute Gasteiger partial charge is 0.387 e. The van der Waals surface area contributed by atoms with Crippen LogP contribution in [-0.4, -0.2) is 5.84 Å². The van der Waals surface area contributed by atoms with E-state index in [2.05, 4.69) is 4.99 Å². The SMILES string of the molecule is CC(C)C(N)=Nc1cc(Cl)c(Cl)cc1Cl. The highest BCUT2D eigenvalue weighted by Gasteiger charge is 2.07. The van der Waals surface area contributed by atoms with Crippen LogP contribution in [0.3, 0.4) is 0 Å². The minimum Gasteiger partial charge on any atom is -0.387 e. The first-order valence-corrected chi connectivity index (χ1v) is 5.53. The van der Waals surface area contributed by atoms with Gasteiger partial charge in [-0.2, -0.15) is 0 Å². The first-order valence-electron chi connectivity index (χ1n) is 4.40. The number of amidine groups is 1. The molecule has 0 fully saturated rings. The quantitative estimate of drug-likeness (QED) is 0.483. The predicted molar refractivity (Wildman–Crippen MR) is 67.6 cm³/mol. The van der Waals surface area contributed by atoms with Gasteiger partial charge in [0.15, 0.2) is 0 Å². The minimum atomic E-state index is 0.163. The Hall–Kier alpha value is -0.440. The van der Waals surface area contributed by atoms with Gasteiger partial charge in [0.25, 0.3) is 0 Å². The topological polar surface area (TPSA) is 38.4 Å². The molecule has 2 nitrogen and oxygen atoms in total. The number of benzene rings is 1. The molecule has 0 spiro atoms. The molecule has 0 heterocycles. The summed E-state index contributed by atoms with van der Waals surface area (Å²) in [4.78, 5) is 4.18. The Balaban J connectivity index is 3.16. The zero-order valence-corrected chi connectivity index (χ0v) is 10.7. The molecule has 0 aromatic heterocycles. The molecule has 0 amide bonds. The lowest BCUT2D eigenvalue weighted by Crippen LogP contribution is -2.18. The van der Waals surface area contributed by atoms with Gasteiger partial charge in [-0.05, 0) is 12.1 Å². The number of hydrogen-bond acceptors (Lipinski definition) is 1. The molecule has 1 aromatic rings. The second-order valence-corrected chi connectivity index (χ2v) is 4.63. The third-order valence-corrected chi connectivity index (χ3v) is 2.86. The normalized spacial score (nSPS) is 12.3. The Bertz CT molecular complexity index is 400. The van der Waals surface area contributed by atoms with Crippen LogP contribution in [0.25, 0.3) is 0 Å². The molecule has 82 valence electrons. The molecule has 0 aliphatic carbocycles. The number of rotatable bonds is 2. The summed E-state index contributed by atoms with van der Waals surface area (Å²) in [6.07, 6.45) is 0. The van der Waals surface area contributed by atoms with Gasteiger partial charge in [0, 0.05) is 5.92 Å². The first kappa shape index (κ1) is 12.6. The van der Waals surface area contributed by atoms with Gasteiger partial charge >= 0.3 is 0 Å². The Morgan fingerprint density at radius 1 is 1.13 bits per heavy atom. The van der Waals surface area contributed by atoms with E-state index < -0.39 is 0 Å². The highest BCUT2D eigenvalue weighted by atomic mass is 35.5. The van der Waals surface area contributed by atoms with Crippen molar-refractivity contribution >= 4 is 46.3 Å². The van der Waals surface area contributed by atoms with Crippen molar-refractivity contribution in [2.45, 2.75) is 13.8 Å². The number of hydrogen-bond donors (Lipinski definition) is 1. The van der Waals surface area contributed by atoms with Gasteiger partial charge in [-0.15, -0.1) is 0 Å². The van der Waals surface area contributed by atoms with Crippen LogP contribution < -0.4 is 5.73 Å². The predicted octanol–water partition coefficient (Wildman–Crippen LogP) is 4.29. The Morgan fingerprint density at radius 2 is 1.67 bits per heavy atom. The van der Waals surface area contributed by atoms with Crippen molar-refractivity contribution in [3.63, 3.8) is 0 Å². The van der Waals surface area contributed by atoms with Crippen LogP contribution in [0.5, 0.6) is 0 Å².